The van der Waals surface area contributed by atoms with Gasteiger partial charge < -0.3 is 9.64 Å². The number of nitrogens with zero attached hydrogens (tertiary/aromatic N) is 5. The Hall–Kier alpha value is -4.15. The Bertz CT molecular complexity index is 1640. The van der Waals surface area contributed by atoms with Crippen molar-refractivity contribution in [1.29, 1.82) is 0 Å². The molecule has 0 saturated heterocycles. The van der Waals surface area contributed by atoms with E-state index in [-0.39, 0.29) is 30.1 Å². The van der Waals surface area contributed by atoms with Crippen molar-refractivity contribution in [3.05, 3.63) is 82.6 Å². The molecule has 0 aliphatic heterocycles. The lowest BCUT2D eigenvalue weighted by atomic mass is 9.91. The van der Waals surface area contributed by atoms with Crippen LogP contribution in [0, 0.1) is 17.5 Å². The molecule has 1 atom stereocenters. The molecule has 2 heterocycles. The maximum atomic E-state index is 14.3. The maximum Gasteiger partial charge on any atom is 0.435 e. The molecule has 2 aliphatic carbocycles. The molecular formula is C30H30F3N5O3. The van der Waals surface area contributed by atoms with Crippen LogP contribution in [0.3, 0.4) is 0 Å². The van der Waals surface area contributed by atoms with Crippen LogP contribution in [0.1, 0.15) is 67.2 Å². The van der Waals surface area contributed by atoms with E-state index in [0.29, 0.717) is 47.9 Å². The molecule has 0 radical (unpaired) electrons. The number of amides is 1. The summed E-state index contributed by atoms with van der Waals surface area (Å²) >= 11 is 0. The Balaban J connectivity index is 1.26. The zero-order valence-corrected chi connectivity index (χ0v) is 23.0. The molecule has 4 aromatic rings. The average Bonchev–Trinajstić information content (AvgIpc) is 3.48. The highest BCUT2D eigenvalue weighted by Crippen LogP contribution is 2.36. The number of fused-ring (bicyclic) bond motifs is 2. The van der Waals surface area contributed by atoms with Crippen LogP contribution in [0.5, 0.6) is 0 Å². The Kier molecular flexibility index (Phi) is 6.62. The summed E-state index contributed by atoms with van der Waals surface area (Å²) in [5.41, 5.74) is 1.80. The van der Waals surface area contributed by atoms with E-state index in [1.807, 2.05) is 4.90 Å². The van der Waals surface area contributed by atoms with E-state index >= 15 is 0 Å². The SMILES string of the molecule is CC(C)(C)OC(=O)n1cc2c(n1)CCC(N(C(=O)c1cccc3c1cnn3Cc1c(F)cc(F)cc1F)C1CC1)C2. The number of carbonyl (C=O) groups is 2. The van der Waals surface area contributed by atoms with Crippen molar-refractivity contribution in [3.8, 4) is 0 Å². The summed E-state index contributed by atoms with van der Waals surface area (Å²) < 4.78 is 50.1. The molecule has 1 unspecified atom stereocenters. The molecule has 0 spiro atoms. The Morgan fingerprint density at radius 2 is 1.80 bits per heavy atom. The summed E-state index contributed by atoms with van der Waals surface area (Å²) in [4.78, 5) is 28.6. The summed E-state index contributed by atoms with van der Waals surface area (Å²) in [7, 11) is 0. The minimum atomic E-state index is -0.995. The molecule has 2 aromatic carbocycles. The second kappa shape index (κ2) is 10.0. The molecular weight excluding hydrogens is 535 g/mol. The second-order valence-electron chi connectivity index (χ2n) is 11.8. The normalized spacial score (nSPS) is 17.0. The van der Waals surface area contributed by atoms with E-state index in [2.05, 4.69) is 10.2 Å². The fourth-order valence-electron chi connectivity index (χ4n) is 5.54. The Labute approximate surface area is 234 Å². The molecule has 1 amide bonds. The van der Waals surface area contributed by atoms with Gasteiger partial charge in [0.25, 0.3) is 5.91 Å². The highest BCUT2D eigenvalue weighted by atomic mass is 19.1. The largest absolute Gasteiger partial charge is 0.442 e. The van der Waals surface area contributed by atoms with Gasteiger partial charge in [0.15, 0.2) is 0 Å². The average molecular weight is 566 g/mol. The van der Waals surface area contributed by atoms with Crippen molar-refractivity contribution in [2.45, 2.75) is 77.1 Å². The van der Waals surface area contributed by atoms with Crippen molar-refractivity contribution in [3.63, 3.8) is 0 Å². The summed E-state index contributed by atoms with van der Waals surface area (Å²) in [6.45, 7) is 5.14. The van der Waals surface area contributed by atoms with Crippen LogP contribution >= 0.6 is 0 Å². The fraction of sp³-hybridized carbons (Fsp3) is 0.400. The number of carbonyl (C=O) groups excluding carboxylic acids is 2. The monoisotopic (exact) mass is 565 g/mol. The van der Waals surface area contributed by atoms with Gasteiger partial charge in [0.05, 0.1) is 29.5 Å². The molecule has 1 saturated carbocycles. The van der Waals surface area contributed by atoms with Crippen LogP contribution in [-0.4, -0.2) is 54.1 Å². The lowest BCUT2D eigenvalue weighted by molar-refractivity contribution is 0.0513. The highest BCUT2D eigenvalue weighted by Gasteiger charge is 2.40. The lowest BCUT2D eigenvalue weighted by Crippen LogP contribution is -2.44. The first-order valence-corrected chi connectivity index (χ1v) is 13.7. The molecule has 0 N–H and O–H groups in total. The number of aromatic nitrogens is 4. The van der Waals surface area contributed by atoms with Crippen molar-refractivity contribution in [2.24, 2.45) is 0 Å². The number of halogens is 3. The predicted molar refractivity (Wildman–Crippen MR) is 144 cm³/mol. The minimum Gasteiger partial charge on any atom is -0.442 e. The summed E-state index contributed by atoms with van der Waals surface area (Å²) in [5, 5.41) is 9.32. The van der Waals surface area contributed by atoms with Crippen LogP contribution < -0.4 is 0 Å². The molecule has 8 nitrogen and oxygen atoms in total. The first-order valence-electron chi connectivity index (χ1n) is 13.7. The maximum absolute atomic E-state index is 14.3. The topological polar surface area (TPSA) is 82.2 Å². The van der Waals surface area contributed by atoms with Crippen LogP contribution in [0.15, 0.2) is 42.7 Å². The van der Waals surface area contributed by atoms with Crippen LogP contribution in [0.25, 0.3) is 10.9 Å². The van der Waals surface area contributed by atoms with Crippen molar-refractivity contribution < 1.29 is 27.5 Å². The third-order valence-electron chi connectivity index (χ3n) is 7.53. The van der Waals surface area contributed by atoms with Gasteiger partial charge in [0.2, 0.25) is 0 Å². The Morgan fingerprint density at radius 3 is 2.49 bits per heavy atom. The smallest absolute Gasteiger partial charge is 0.435 e. The van der Waals surface area contributed by atoms with Gasteiger partial charge in [0.1, 0.15) is 23.1 Å². The van der Waals surface area contributed by atoms with E-state index in [0.717, 1.165) is 24.1 Å². The van der Waals surface area contributed by atoms with E-state index in [9.17, 15) is 22.8 Å². The molecule has 11 heteroatoms. The Morgan fingerprint density at radius 1 is 1.07 bits per heavy atom. The van der Waals surface area contributed by atoms with Crippen molar-refractivity contribution in [2.75, 3.05) is 0 Å². The molecule has 6 rings (SSSR count). The molecule has 2 aromatic heterocycles. The van der Waals surface area contributed by atoms with Gasteiger partial charge in [-0.05, 0) is 70.6 Å². The lowest BCUT2D eigenvalue weighted by Gasteiger charge is -2.34. The first kappa shape index (κ1) is 27.0. The van der Waals surface area contributed by atoms with E-state index in [1.54, 1.807) is 45.2 Å². The standard InChI is InChI=1S/C30H30F3N5O3/c1-30(2,3)41-29(40)37-15-17-11-20(9-10-26(17)35-37)38(19-7-8-19)28(39)21-5-4-6-27-22(21)14-34-36(27)16-23-24(32)12-18(31)13-25(23)33/h4-6,12-15,19-20H,7-11,16H2,1-3H3. The van der Waals surface area contributed by atoms with E-state index in [1.165, 1.54) is 15.6 Å². The van der Waals surface area contributed by atoms with Gasteiger partial charge in [-0.25, -0.2) is 18.0 Å². The minimum absolute atomic E-state index is 0.0773. The number of aryl methyl sites for hydroxylation is 1. The molecule has 41 heavy (non-hydrogen) atoms. The zero-order valence-electron chi connectivity index (χ0n) is 23.0. The van der Waals surface area contributed by atoms with Crippen LogP contribution in [0.2, 0.25) is 0 Å². The van der Waals surface area contributed by atoms with Crippen molar-refractivity contribution in [1.82, 2.24) is 24.5 Å². The van der Waals surface area contributed by atoms with Gasteiger partial charge in [0, 0.05) is 41.4 Å². The van der Waals surface area contributed by atoms with E-state index < -0.39 is 29.1 Å². The zero-order chi connectivity index (χ0) is 29.1. The van der Waals surface area contributed by atoms with Gasteiger partial charge >= 0.3 is 6.09 Å². The van der Waals surface area contributed by atoms with Gasteiger partial charge in [-0.2, -0.15) is 14.9 Å². The second-order valence-corrected chi connectivity index (χ2v) is 11.8. The number of benzene rings is 2. The number of rotatable bonds is 5. The summed E-state index contributed by atoms with van der Waals surface area (Å²) in [6, 6.07) is 6.51. The predicted octanol–water partition coefficient (Wildman–Crippen LogP) is 5.64. The molecule has 1 fully saturated rings. The van der Waals surface area contributed by atoms with Gasteiger partial charge in [-0.1, -0.05) is 6.07 Å². The third kappa shape index (κ3) is 5.32. The van der Waals surface area contributed by atoms with Gasteiger partial charge in [-0.15, -0.1) is 0 Å². The summed E-state index contributed by atoms with van der Waals surface area (Å²) in [6.07, 6.45) is 6.40. The first-order chi connectivity index (χ1) is 19.5. The molecule has 2 aliphatic rings. The van der Waals surface area contributed by atoms with Crippen LogP contribution in [0.4, 0.5) is 18.0 Å². The number of ether oxygens (including phenoxy) is 1. The highest BCUT2D eigenvalue weighted by molar-refractivity contribution is 6.06. The molecule has 214 valence electrons. The summed E-state index contributed by atoms with van der Waals surface area (Å²) in [5.74, 6) is -3.12. The van der Waals surface area contributed by atoms with E-state index in [4.69, 9.17) is 4.74 Å². The van der Waals surface area contributed by atoms with Crippen molar-refractivity contribution >= 4 is 22.9 Å². The third-order valence-corrected chi connectivity index (χ3v) is 7.53. The number of hydrogen-bond donors (Lipinski definition) is 0. The van der Waals surface area contributed by atoms with Crippen LogP contribution in [-0.2, 0) is 24.1 Å². The quantitative estimate of drug-likeness (QED) is 0.313. The number of hydrogen-bond acceptors (Lipinski definition) is 5. The fourth-order valence-corrected chi connectivity index (χ4v) is 5.54. The molecule has 0 bridgehead atoms. The van der Waals surface area contributed by atoms with Gasteiger partial charge in [-0.3, -0.25) is 9.48 Å².